The third-order valence-corrected chi connectivity index (χ3v) is 10.7. The number of nitrogens with one attached hydrogen (secondary N) is 1. The molecule has 0 saturated heterocycles. The summed E-state index contributed by atoms with van der Waals surface area (Å²) in [5.41, 5.74) is 1.54. The van der Waals surface area contributed by atoms with Crippen molar-refractivity contribution in [2.45, 2.75) is 38.9 Å². The minimum Gasteiger partial charge on any atom is -0.457 e. The maximum absolute atomic E-state index is 12.5. The molecule has 0 fully saturated rings. The second-order valence-corrected chi connectivity index (χ2v) is 14.7. The van der Waals surface area contributed by atoms with Gasteiger partial charge in [0.05, 0.1) is 12.2 Å². The van der Waals surface area contributed by atoms with Crippen LogP contribution in [-0.4, -0.2) is 43.2 Å². The van der Waals surface area contributed by atoms with Crippen LogP contribution in [0.25, 0.3) is 5.69 Å². The number of imidazole rings is 1. The highest BCUT2D eigenvalue weighted by Gasteiger charge is 2.36. The van der Waals surface area contributed by atoms with E-state index in [0.29, 0.717) is 40.9 Å². The maximum atomic E-state index is 12.5. The molecule has 3 aromatic rings. The van der Waals surface area contributed by atoms with E-state index in [1.807, 2.05) is 12.1 Å². The Hall–Kier alpha value is -2.94. The van der Waals surface area contributed by atoms with Gasteiger partial charge < -0.3 is 19.0 Å². The summed E-state index contributed by atoms with van der Waals surface area (Å²) in [5, 5.41) is 3.47. The highest BCUT2D eigenvalue weighted by molar-refractivity contribution is 6.74. The van der Waals surface area contributed by atoms with E-state index in [1.54, 1.807) is 47.4 Å². The Labute approximate surface area is 206 Å². The maximum Gasteiger partial charge on any atom is 0.271 e. The van der Waals surface area contributed by atoms with E-state index in [-0.39, 0.29) is 10.9 Å². The van der Waals surface area contributed by atoms with Crippen molar-refractivity contribution < 1.29 is 18.8 Å². The number of rotatable bonds is 9. The van der Waals surface area contributed by atoms with Crippen LogP contribution in [0.15, 0.2) is 55.0 Å². The third-order valence-electron chi connectivity index (χ3n) is 5.94. The zero-order chi connectivity index (χ0) is 24.9. The zero-order valence-electron chi connectivity index (χ0n) is 20.1. The van der Waals surface area contributed by atoms with Crippen molar-refractivity contribution in [1.29, 1.82) is 0 Å². The third kappa shape index (κ3) is 6.34. The fraction of sp³-hybridized carbons (Fsp3) is 0.320. The molecule has 0 aliphatic carbocycles. The standard InChI is InChI=1S/C25H30ClN3O4Si/c1-25(2,3)34(4,5)32-13-12-27-24(31)22-15-29(17-28-22)20-8-10-21(11-9-20)33-23-14-19(26)7-6-18(23)16-30/h6-11,14-17H,12-13H2,1-5H3,(H,27,31). The van der Waals surface area contributed by atoms with Crippen molar-refractivity contribution in [1.82, 2.24) is 14.9 Å². The lowest BCUT2D eigenvalue weighted by Gasteiger charge is -2.36. The van der Waals surface area contributed by atoms with Crippen LogP contribution in [0.2, 0.25) is 23.2 Å². The van der Waals surface area contributed by atoms with Gasteiger partial charge in [0.15, 0.2) is 14.6 Å². The van der Waals surface area contributed by atoms with E-state index in [0.717, 1.165) is 12.0 Å². The molecular weight excluding hydrogens is 470 g/mol. The van der Waals surface area contributed by atoms with E-state index in [9.17, 15) is 9.59 Å². The molecule has 0 aliphatic heterocycles. The molecule has 1 heterocycles. The molecule has 1 amide bonds. The van der Waals surface area contributed by atoms with Gasteiger partial charge in [0.1, 0.15) is 23.5 Å². The highest BCUT2D eigenvalue weighted by Crippen LogP contribution is 2.36. The summed E-state index contributed by atoms with van der Waals surface area (Å²) < 4.78 is 13.6. The molecule has 2 aromatic carbocycles. The monoisotopic (exact) mass is 499 g/mol. The van der Waals surface area contributed by atoms with Crippen LogP contribution in [0.5, 0.6) is 11.5 Å². The van der Waals surface area contributed by atoms with Crippen LogP contribution in [0.1, 0.15) is 41.6 Å². The smallest absolute Gasteiger partial charge is 0.271 e. The lowest BCUT2D eigenvalue weighted by atomic mass is 10.2. The average molecular weight is 500 g/mol. The fourth-order valence-electron chi connectivity index (χ4n) is 2.87. The molecule has 0 atom stereocenters. The number of hydrogen-bond acceptors (Lipinski definition) is 5. The molecule has 3 rings (SSSR count). The minimum atomic E-state index is -1.84. The van der Waals surface area contributed by atoms with E-state index < -0.39 is 8.32 Å². The Bertz CT molecular complexity index is 1150. The first kappa shape index (κ1) is 25.7. The van der Waals surface area contributed by atoms with Gasteiger partial charge in [-0.15, -0.1) is 0 Å². The number of ether oxygens (including phenoxy) is 1. The molecule has 9 heteroatoms. The number of aldehydes is 1. The Kier molecular flexibility index (Phi) is 7.96. The van der Waals surface area contributed by atoms with Crippen LogP contribution in [0.4, 0.5) is 0 Å². The Morgan fingerprint density at radius 2 is 1.88 bits per heavy atom. The van der Waals surface area contributed by atoms with Crippen molar-refractivity contribution in [3.8, 4) is 17.2 Å². The largest absolute Gasteiger partial charge is 0.457 e. The number of halogens is 1. The van der Waals surface area contributed by atoms with Gasteiger partial charge in [-0.25, -0.2) is 4.98 Å². The first-order valence-electron chi connectivity index (χ1n) is 11.0. The molecule has 0 saturated carbocycles. The van der Waals surface area contributed by atoms with E-state index in [1.165, 1.54) is 0 Å². The molecule has 0 aliphatic rings. The molecule has 7 nitrogen and oxygen atoms in total. The van der Waals surface area contributed by atoms with Crippen molar-refractivity contribution in [3.05, 3.63) is 71.3 Å². The van der Waals surface area contributed by atoms with Gasteiger partial charge in [-0.2, -0.15) is 0 Å². The van der Waals surface area contributed by atoms with Crippen LogP contribution in [0, 0.1) is 0 Å². The summed E-state index contributed by atoms with van der Waals surface area (Å²) in [7, 11) is -1.84. The zero-order valence-corrected chi connectivity index (χ0v) is 21.8. The lowest BCUT2D eigenvalue weighted by molar-refractivity contribution is 0.0941. The van der Waals surface area contributed by atoms with Gasteiger partial charge in [-0.3, -0.25) is 9.59 Å². The number of hydrogen-bond donors (Lipinski definition) is 1. The molecule has 1 N–H and O–H groups in total. The number of aromatic nitrogens is 2. The van der Waals surface area contributed by atoms with Crippen LogP contribution in [-0.2, 0) is 4.43 Å². The van der Waals surface area contributed by atoms with Gasteiger partial charge in [0, 0.05) is 29.5 Å². The second-order valence-electron chi connectivity index (χ2n) is 9.43. The topological polar surface area (TPSA) is 82.5 Å². The van der Waals surface area contributed by atoms with E-state index in [4.69, 9.17) is 20.8 Å². The summed E-state index contributed by atoms with van der Waals surface area (Å²) in [5.74, 6) is 0.684. The Morgan fingerprint density at radius 3 is 2.53 bits per heavy atom. The number of amides is 1. The minimum absolute atomic E-state index is 0.126. The number of carbonyl (C=O) groups is 2. The lowest BCUT2D eigenvalue weighted by Crippen LogP contribution is -2.42. The first-order valence-corrected chi connectivity index (χ1v) is 14.3. The summed E-state index contributed by atoms with van der Waals surface area (Å²) in [6.07, 6.45) is 3.97. The number of benzene rings is 2. The van der Waals surface area contributed by atoms with Gasteiger partial charge in [-0.05, 0) is 54.5 Å². The van der Waals surface area contributed by atoms with Crippen LogP contribution < -0.4 is 10.1 Å². The van der Waals surface area contributed by atoms with Gasteiger partial charge in [0.25, 0.3) is 5.91 Å². The molecule has 0 unspecified atom stereocenters. The van der Waals surface area contributed by atoms with Crippen LogP contribution >= 0.6 is 11.6 Å². The number of carbonyl (C=O) groups excluding carboxylic acids is 2. The predicted octanol–water partition coefficient (Wildman–Crippen LogP) is 5.88. The van der Waals surface area contributed by atoms with Gasteiger partial charge >= 0.3 is 0 Å². The van der Waals surface area contributed by atoms with Gasteiger partial charge in [0.2, 0.25) is 0 Å². The average Bonchev–Trinajstić information content (AvgIpc) is 3.27. The van der Waals surface area contributed by atoms with Gasteiger partial charge in [-0.1, -0.05) is 32.4 Å². The highest BCUT2D eigenvalue weighted by atomic mass is 35.5. The molecule has 0 bridgehead atoms. The quantitative estimate of drug-likeness (QED) is 0.226. The van der Waals surface area contributed by atoms with E-state index >= 15 is 0 Å². The second kappa shape index (κ2) is 10.5. The normalized spacial score (nSPS) is 11.8. The Balaban J connectivity index is 1.58. The van der Waals surface area contributed by atoms with Crippen molar-refractivity contribution >= 4 is 32.1 Å². The molecular formula is C25H30ClN3O4Si. The molecule has 0 radical (unpaired) electrons. The molecule has 180 valence electrons. The van der Waals surface area contributed by atoms with Crippen LogP contribution in [0.3, 0.4) is 0 Å². The fourth-order valence-corrected chi connectivity index (χ4v) is 4.07. The summed E-state index contributed by atoms with van der Waals surface area (Å²) in [6.45, 7) is 11.8. The summed E-state index contributed by atoms with van der Waals surface area (Å²) in [6, 6.07) is 12.0. The van der Waals surface area contributed by atoms with Crippen molar-refractivity contribution in [2.75, 3.05) is 13.2 Å². The van der Waals surface area contributed by atoms with Crippen molar-refractivity contribution in [3.63, 3.8) is 0 Å². The predicted molar refractivity (Wildman–Crippen MR) is 136 cm³/mol. The first-order chi connectivity index (χ1) is 16.0. The van der Waals surface area contributed by atoms with Crippen molar-refractivity contribution in [2.24, 2.45) is 0 Å². The molecule has 34 heavy (non-hydrogen) atoms. The number of nitrogens with zero attached hydrogens (tertiary/aromatic N) is 2. The summed E-state index contributed by atoms with van der Waals surface area (Å²) in [4.78, 5) is 27.9. The SMILES string of the molecule is CC(C)(C)[Si](C)(C)OCCNC(=O)c1cn(-c2ccc(Oc3cc(Cl)ccc3C=O)cc2)cn1. The molecule has 0 spiro atoms. The Morgan fingerprint density at radius 1 is 1.18 bits per heavy atom. The van der Waals surface area contributed by atoms with E-state index in [2.05, 4.69) is 44.2 Å². The summed E-state index contributed by atoms with van der Waals surface area (Å²) >= 11 is 6.01. The molecule has 1 aromatic heterocycles.